The molecule has 0 fully saturated rings. The molecule has 90 valence electrons. The van der Waals surface area contributed by atoms with Gasteiger partial charge in [-0.1, -0.05) is 18.2 Å². The molecule has 3 heteroatoms. The van der Waals surface area contributed by atoms with Crippen LogP contribution < -0.4 is 10.6 Å². The summed E-state index contributed by atoms with van der Waals surface area (Å²) in [4.78, 5) is 4.15. The first-order valence-electron chi connectivity index (χ1n) is 6.09. The lowest BCUT2D eigenvalue weighted by atomic mass is 10.1. The minimum absolute atomic E-state index is 0.922. The summed E-state index contributed by atoms with van der Waals surface area (Å²) in [5.74, 6) is 0. The molecule has 0 saturated heterocycles. The molecule has 1 aromatic heterocycles. The average molecular weight is 229 g/mol. The molecule has 2 N–H and O–H groups in total. The summed E-state index contributed by atoms with van der Waals surface area (Å²) in [7, 11) is 1.98. The van der Waals surface area contributed by atoms with Gasteiger partial charge >= 0.3 is 0 Å². The van der Waals surface area contributed by atoms with Crippen LogP contribution in [-0.2, 0) is 6.54 Å². The van der Waals surface area contributed by atoms with Gasteiger partial charge in [0.05, 0.1) is 0 Å². The van der Waals surface area contributed by atoms with Crippen molar-refractivity contribution in [2.75, 3.05) is 20.1 Å². The highest BCUT2D eigenvalue weighted by Crippen LogP contribution is 2.16. The Kier molecular flexibility index (Phi) is 4.47. The molecule has 1 heterocycles. The fourth-order valence-corrected chi connectivity index (χ4v) is 1.96. The van der Waals surface area contributed by atoms with Gasteiger partial charge in [-0.25, -0.2) is 0 Å². The molecule has 0 radical (unpaired) electrons. The third-order valence-electron chi connectivity index (χ3n) is 2.87. The molecule has 1 aromatic carbocycles. The van der Waals surface area contributed by atoms with Gasteiger partial charge in [-0.2, -0.15) is 0 Å². The van der Waals surface area contributed by atoms with Crippen molar-refractivity contribution in [2.45, 2.75) is 13.0 Å². The van der Waals surface area contributed by atoms with E-state index in [1.54, 1.807) is 0 Å². The van der Waals surface area contributed by atoms with Crippen LogP contribution in [0.4, 0.5) is 0 Å². The summed E-state index contributed by atoms with van der Waals surface area (Å²) >= 11 is 0. The Balaban J connectivity index is 1.98. The van der Waals surface area contributed by atoms with Crippen LogP contribution in [0.25, 0.3) is 10.8 Å². The van der Waals surface area contributed by atoms with Gasteiger partial charge in [-0.05, 0) is 43.6 Å². The van der Waals surface area contributed by atoms with Gasteiger partial charge in [-0.15, -0.1) is 0 Å². The van der Waals surface area contributed by atoms with Gasteiger partial charge in [0.15, 0.2) is 0 Å². The van der Waals surface area contributed by atoms with Crippen LogP contribution in [0.5, 0.6) is 0 Å². The maximum atomic E-state index is 4.15. The zero-order valence-electron chi connectivity index (χ0n) is 10.2. The van der Waals surface area contributed by atoms with Gasteiger partial charge < -0.3 is 10.6 Å². The van der Waals surface area contributed by atoms with E-state index in [0.29, 0.717) is 0 Å². The third-order valence-corrected chi connectivity index (χ3v) is 2.87. The predicted molar refractivity (Wildman–Crippen MR) is 72.0 cm³/mol. The number of rotatable bonds is 6. The zero-order chi connectivity index (χ0) is 11.9. The van der Waals surface area contributed by atoms with E-state index in [2.05, 4.69) is 39.9 Å². The SMILES string of the molecule is CNCCCNCc1cccc2cnccc12. The van der Waals surface area contributed by atoms with Gasteiger partial charge in [0.25, 0.3) is 0 Å². The molecule has 0 saturated carbocycles. The highest BCUT2D eigenvalue weighted by molar-refractivity contribution is 5.84. The molecule has 0 aliphatic heterocycles. The van der Waals surface area contributed by atoms with Crippen LogP contribution in [0.2, 0.25) is 0 Å². The molecule has 0 atom stereocenters. The summed E-state index contributed by atoms with van der Waals surface area (Å²) in [6.07, 6.45) is 4.93. The van der Waals surface area contributed by atoms with E-state index in [1.807, 2.05) is 19.4 Å². The Morgan fingerprint density at radius 1 is 1.18 bits per heavy atom. The number of fused-ring (bicyclic) bond motifs is 1. The first kappa shape index (κ1) is 12.0. The average Bonchev–Trinajstić information content (AvgIpc) is 2.39. The van der Waals surface area contributed by atoms with Gasteiger partial charge in [0, 0.05) is 24.3 Å². The second-order valence-corrected chi connectivity index (χ2v) is 4.15. The number of pyridine rings is 1. The van der Waals surface area contributed by atoms with Gasteiger partial charge in [0.1, 0.15) is 0 Å². The fourth-order valence-electron chi connectivity index (χ4n) is 1.96. The standard InChI is InChI=1S/C14H19N3/c1-15-7-3-8-16-10-12-4-2-5-13-11-17-9-6-14(12)13/h2,4-6,9,11,15-16H,3,7-8,10H2,1H3. The smallest absolute Gasteiger partial charge is 0.0346 e. The van der Waals surface area contributed by atoms with Crippen molar-refractivity contribution in [3.05, 3.63) is 42.2 Å². The molecule has 0 aliphatic carbocycles. The van der Waals surface area contributed by atoms with Crippen molar-refractivity contribution in [3.63, 3.8) is 0 Å². The Bertz CT molecular complexity index is 462. The molecule has 0 amide bonds. The third kappa shape index (κ3) is 3.25. The van der Waals surface area contributed by atoms with Crippen molar-refractivity contribution in [1.29, 1.82) is 0 Å². The maximum absolute atomic E-state index is 4.15. The lowest BCUT2D eigenvalue weighted by molar-refractivity contribution is 0.627. The molecule has 3 nitrogen and oxygen atoms in total. The van der Waals surface area contributed by atoms with E-state index in [4.69, 9.17) is 0 Å². The molecular formula is C14H19N3. The zero-order valence-corrected chi connectivity index (χ0v) is 10.2. The second-order valence-electron chi connectivity index (χ2n) is 4.15. The Morgan fingerprint density at radius 2 is 2.12 bits per heavy atom. The van der Waals surface area contributed by atoms with Crippen molar-refractivity contribution in [2.24, 2.45) is 0 Å². The van der Waals surface area contributed by atoms with E-state index < -0.39 is 0 Å². The number of aromatic nitrogens is 1. The van der Waals surface area contributed by atoms with Crippen LogP contribution in [0.15, 0.2) is 36.7 Å². The van der Waals surface area contributed by atoms with Crippen LogP contribution >= 0.6 is 0 Å². The minimum atomic E-state index is 0.922. The lowest BCUT2D eigenvalue weighted by Gasteiger charge is -2.07. The molecule has 0 bridgehead atoms. The van der Waals surface area contributed by atoms with E-state index in [9.17, 15) is 0 Å². The van der Waals surface area contributed by atoms with Crippen molar-refractivity contribution in [1.82, 2.24) is 15.6 Å². The Hall–Kier alpha value is -1.45. The monoisotopic (exact) mass is 229 g/mol. The van der Waals surface area contributed by atoms with Crippen molar-refractivity contribution in [3.8, 4) is 0 Å². The Labute approximate surface area is 102 Å². The highest BCUT2D eigenvalue weighted by atomic mass is 14.9. The lowest BCUT2D eigenvalue weighted by Crippen LogP contribution is -2.19. The van der Waals surface area contributed by atoms with Gasteiger partial charge in [0.2, 0.25) is 0 Å². The molecular weight excluding hydrogens is 210 g/mol. The topological polar surface area (TPSA) is 37.0 Å². The minimum Gasteiger partial charge on any atom is -0.320 e. The van der Waals surface area contributed by atoms with Crippen LogP contribution in [0, 0.1) is 0 Å². The number of nitrogens with zero attached hydrogens (tertiary/aromatic N) is 1. The van der Waals surface area contributed by atoms with E-state index in [-0.39, 0.29) is 0 Å². The highest BCUT2D eigenvalue weighted by Gasteiger charge is 1.99. The molecule has 0 unspecified atom stereocenters. The molecule has 17 heavy (non-hydrogen) atoms. The quantitative estimate of drug-likeness (QED) is 0.743. The normalized spacial score (nSPS) is 10.9. The van der Waals surface area contributed by atoms with E-state index in [0.717, 1.165) is 26.1 Å². The van der Waals surface area contributed by atoms with Crippen molar-refractivity contribution >= 4 is 10.8 Å². The summed E-state index contributed by atoms with van der Waals surface area (Å²) in [5, 5.41) is 9.12. The molecule has 2 rings (SSSR count). The Morgan fingerprint density at radius 3 is 3.00 bits per heavy atom. The first-order valence-corrected chi connectivity index (χ1v) is 6.09. The van der Waals surface area contributed by atoms with Crippen LogP contribution in [0.1, 0.15) is 12.0 Å². The van der Waals surface area contributed by atoms with E-state index >= 15 is 0 Å². The van der Waals surface area contributed by atoms with Gasteiger partial charge in [-0.3, -0.25) is 4.98 Å². The largest absolute Gasteiger partial charge is 0.320 e. The number of nitrogens with one attached hydrogen (secondary N) is 2. The van der Waals surface area contributed by atoms with Crippen LogP contribution in [0.3, 0.4) is 0 Å². The number of benzene rings is 1. The summed E-state index contributed by atoms with van der Waals surface area (Å²) in [6.45, 7) is 3.03. The number of hydrogen-bond donors (Lipinski definition) is 2. The van der Waals surface area contributed by atoms with Crippen LogP contribution in [-0.4, -0.2) is 25.1 Å². The number of hydrogen-bond acceptors (Lipinski definition) is 3. The first-order chi connectivity index (χ1) is 8.42. The van der Waals surface area contributed by atoms with Crippen molar-refractivity contribution < 1.29 is 0 Å². The predicted octanol–water partition coefficient (Wildman–Crippen LogP) is 1.93. The molecule has 0 aliphatic rings. The van der Waals surface area contributed by atoms with E-state index in [1.165, 1.54) is 16.3 Å². The fraction of sp³-hybridized carbons (Fsp3) is 0.357. The maximum Gasteiger partial charge on any atom is 0.0346 e. The second kappa shape index (κ2) is 6.33. The molecule has 2 aromatic rings. The summed E-state index contributed by atoms with van der Waals surface area (Å²) in [5.41, 5.74) is 1.34. The molecule has 0 spiro atoms. The summed E-state index contributed by atoms with van der Waals surface area (Å²) in [6, 6.07) is 8.45. The summed E-state index contributed by atoms with van der Waals surface area (Å²) < 4.78 is 0.